The van der Waals surface area contributed by atoms with Crippen molar-refractivity contribution in [3.05, 3.63) is 35.9 Å². The highest BCUT2D eigenvalue weighted by Gasteiger charge is 2.46. The minimum absolute atomic E-state index is 0.247. The summed E-state index contributed by atoms with van der Waals surface area (Å²) >= 11 is 0. The van der Waals surface area contributed by atoms with Crippen LogP contribution >= 0.6 is 0 Å². The van der Waals surface area contributed by atoms with E-state index in [1.54, 1.807) is 0 Å². The van der Waals surface area contributed by atoms with Gasteiger partial charge in [-0.2, -0.15) is 0 Å². The maximum atomic E-state index is 12.8. The summed E-state index contributed by atoms with van der Waals surface area (Å²) in [6.45, 7) is 4.04. The number of benzene rings is 1. The van der Waals surface area contributed by atoms with Crippen LogP contribution in [0.2, 0.25) is 0 Å². The van der Waals surface area contributed by atoms with E-state index < -0.39 is 0 Å². The average molecular weight is 326 g/mol. The van der Waals surface area contributed by atoms with Crippen LogP contribution in [0.5, 0.6) is 0 Å². The van der Waals surface area contributed by atoms with E-state index in [0.29, 0.717) is 11.8 Å². The smallest absolute Gasteiger partial charge is 0.226 e. The van der Waals surface area contributed by atoms with E-state index in [1.807, 2.05) is 0 Å². The van der Waals surface area contributed by atoms with E-state index in [-0.39, 0.29) is 5.92 Å². The molecule has 4 rings (SSSR count). The lowest BCUT2D eigenvalue weighted by atomic mass is 10.1. The molecule has 24 heavy (non-hydrogen) atoms. The summed E-state index contributed by atoms with van der Waals surface area (Å²) in [5.41, 5.74) is 1.34. The van der Waals surface area contributed by atoms with Gasteiger partial charge in [0.25, 0.3) is 0 Å². The van der Waals surface area contributed by atoms with Crippen molar-refractivity contribution in [3.63, 3.8) is 0 Å². The van der Waals surface area contributed by atoms with Crippen LogP contribution in [-0.2, 0) is 4.79 Å². The third-order valence-electron chi connectivity index (χ3n) is 6.30. The fourth-order valence-electron chi connectivity index (χ4n) is 4.70. The van der Waals surface area contributed by atoms with Crippen LogP contribution in [0.3, 0.4) is 0 Å². The predicted octanol–water partition coefficient (Wildman–Crippen LogP) is 3.66. The lowest BCUT2D eigenvalue weighted by molar-refractivity contribution is -0.134. The zero-order valence-electron chi connectivity index (χ0n) is 14.7. The largest absolute Gasteiger partial charge is 0.340 e. The summed E-state index contributed by atoms with van der Waals surface area (Å²) in [5, 5.41) is 0. The first-order chi connectivity index (χ1) is 11.8. The standard InChI is InChI=1S/C21H30N2O/c24-21(20-16-19(20)17-8-4-3-5-9-17)23-14-12-22(13-15-23)18-10-6-1-2-7-11-18/h3-5,8-9,18-20H,1-2,6-7,10-16H2. The Balaban J connectivity index is 1.28. The van der Waals surface area contributed by atoms with Crippen LogP contribution in [0.1, 0.15) is 56.4 Å². The van der Waals surface area contributed by atoms with E-state index in [9.17, 15) is 4.79 Å². The van der Waals surface area contributed by atoms with E-state index in [2.05, 4.69) is 40.1 Å². The molecule has 2 aliphatic carbocycles. The molecule has 1 saturated heterocycles. The molecule has 130 valence electrons. The second-order valence-corrected chi connectivity index (χ2v) is 7.87. The summed E-state index contributed by atoms with van der Waals surface area (Å²) < 4.78 is 0. The van der Waals surface area contributed by atoms with Crippen molar-refractivity contribution in [1.29, 1.82) is 0 Å². The van der Waals surface area contributed by atoms with Crippen LogP contribution in [0.15, 0.2) is 30.3 Å². The quantitative estimate of drug-likeness (QED) is 0.792. The number of carbonyl (C=O) groups excluding carboxylic acids is 1. The molecule has 2 unspecified atom stereocenters. The Hall–Kier alpha value is -1.35. The number of amides is 1. The normalized spacial score (nSPS) is 29.2. The summed E-state index contributed by atoms with van der Waals surface area (Å²) in [6.07, 6.45) is 9.40. The highest BCUT2D eigenvalue weighted by molar-refractivity contribution is 5.83. The zero-order valence-corrected chi connectivity index (χ0v) is 14.7. The van der Waals surface area contributed by atoms with Gasteiger partial charge < -0.3 is 4.90 Å². The van der Waals surface area contributed by atoms with Gasteiger partial charge in [0, 0.05) is 38.1 Å². The average Bonchev–Trinajstić information content (AvgIpc) is 3.46. The molecular formula is C21H30N2O. The molecule has 1 aromatic rings. The van der Waals surface area contributed by atoms with Crippen molar-refractivity contribution in [2.75, 3.05) is 26.2 Å². The zero-order chi connectivity index (χ0) is 16.4. The minimum Gasteiger partial charge on any atom is -0.340 e. The Morgan fingerprint density at radius 1 is 0.875 bits per heavy atom. The minimum atomic E-state index is 0.247. The summed E-state index contributed by atoms with van der Waals surface area (Å²) in [4.78, 5) is 17.6. The van der Waals surface area contributed by atoms with Gasteiger partial charge in [-0.1, -0.05) is 56.0 Å². The van der Waals surface area contributed by atoms with Gasteiger partial charge in [0.2, 0.25) is 5.91 Å². The number of hydrogen-bond acceptors (Lipinski definition) is 2. The monoisotopic (exact) mass is 326 g/mol. The molecule has 0 spiro atoms. The Labute approximate surface area is 146 Å². The molecule has 0 radical (unpaired) electrons. The van der Waals surface area contributed by atoms with Gasteiger partial charge in [-0.25, -0.2) is 0 Å². The molecule has 2 saturated carbocycles. The molecule has 3 nitrogen and oxygen atoms in total. The molecule has 1 aromatic carbocycles. The van der Waals surface area contributed by atoms with Crippen molar-refractivity contribution in [1.82, 2.24) is 9.80 Å². The van der Waals surface area contributed by atoms with Crippen molar-refractivity contribution in [3.8, 4) is 0 Å². The van der Waals surface area contributed by atoms with Gasteiger partial charge in [0.1, 0.15) is 0 Å². The van der Waals surface area contributed by atoms with Crippen molar-refractivity contribution in [2.45, 2.75) is 56.9 Å². The Bertz CT molecular complexity index is 542. The molecule has 3 aliphatic rings. The maximum Gasteiger partial charge on any atom is 0.226 e. The lowest BCUT2D eigenvalue weighted by Gasteiger charge is -2.39. The van der Waals surface area contributed by atoms with Crippen LogP contribution in [-0.4, -0.2) is 47.9 Å². The van der Waals surface area contributed by atoms with Crippen LogP contribution in [0.25, 0.3) is 0 Å². The molecule has 0 N–H and O–H groups in total. The fourth-order valence-corrected chi connectivity index (χ4v) is 4.70. The summed E-state index contributed by atoms with van der Waals surface area (Å²) in [7, 11) is 0. The fraction of sp³-hybridized carbons (Fsp3) is 0.667. The van der Waals surface area contributed by atoms with Gasteiger partial charge in [0.05, 0.1) is 0 Å². The first kappa shape index (κ1) is 16.1. The third-order valence-corrected chi connectivity index (χ3v) is 6.30. The second-order valence-electron chi connectivity index (χ2n) is 7.87. The summed E-state index contributed by atoms with van der Waals surface area (Å²) in [5.74, 6) is 1.12. The Kier molecular flexibility index (Phi) is 4.88. The number of hydrogen-bond donors (Lipinski definition) is 0. The van der Waals surface area contributed by atoms with Gasteiger partial charge in [-0.05, 0) is 30.7 Å². The molecule has 1 heterocycles. The van der Waals surface area contributed by atoms with Gasteiger partial charge in [-0.3, -0.25) is 9.69 Å². The molecule has 3 fully saturated rings. The number of rotatable bonds is 3. The third kappa shape index (κ3) is 3.51. The highest BCUT2D eigenvalue weighted by atomic mass is 16.2. The van der Waals surface area contributed by atoms with Crippen LogP contribution in [0, 0.1) is 5.92 Å². The predicted molar refractivity (Wildman–Crippen MR) is 96.9 cm³/mol. The SMILES string of the molecule is O=C(C1CC1c1ccccc1)N1CCN(C2CCCCCC2)CC1. The topological polar surface area (TPSA) is 23.6 Å². The van der Waals surface area contributed by atoms with E-state index in [1.165, 1.54) is 44.1 Å². The highest BCUT2D eigenvalue weighted by Crippen LogP contribution is 2.48. The van der Waals surface area contributed by atoms with E-state index in [4.69, 9.17) is 0 Å². The molecule has 0 aromatic heterocycles. The second kappa shape index (κ2) is 7.26. The Morgan fingerprint density at radius 3 is 2.21 bits per heavy atom. The van der Waals surface area contributed by atoms with Crippen LogP contribution < -0.4 is 0 Å². The number of nitrogens with zero attached hydrogens (tertiary/aromatic N) is 2. The Morgan fingerprint density at radius 2 is 1.54 bits per heavy atom. The van der Waals surface area contributed by atoms with Crippen molar-refractivity contribution in [2.24, 2.45) is 5.92 Å². The van der Waals surface area contributed by atoms with Gasteiger partial charge in [-0.15, -0.1) is 0 Å². The molecule has 2 atom stereocenters. The van der Waals surface area contributed by atoms with Gasteiger partial charge in [0.15, 0.2) is 0 Å². The van der Waals surface area contributed by atoms with Crippen LogP contribution in [0.4, 0.5) is 0 Å². The number of piperazine rings is 1. The van der Waals surface area contributed by atoms with Crippen molar-refractivity contribution < 1.29 is 4.79 Å². The molecule has 3 heteroatoms. The van der Waals surface area contributed by atoms with E-state index in [0.717, 1.165) is 38.6 Å². The first-order valence-corrected chi connectivity index (χ1v) is 9.91. The summed E-state index contributed by atoms with van der Waals surface area (Å²) in [6, 6.07) is 11.3. The van der Waals surface area contributed by atoms with Crippen molar-refractivity contribution >= 4 is 5.91 Å². The van der Waals surface area contributed by atoms with E-state index >= 15 is 0 Å². The van der Waals surface area contributed by atoms with Gasteiger partial charge >= 0.3 is 0 Å². The molecular weight excluding hydrogens is 296 g/mol. The number of carbonyl (C=O) groups is 1. The lowest BCUT2D eigenvalue weighted by Crippen LogP contribution is -2.52. The maximum absolute atomic E-state index is 12.8. The molecule has 0 bridgehead atoms. The molecule has 1 aliphatic heterocycles. The first-order valence-electron chi connectivity index (χ1n) is 9.91. The molecule has 1 amide bonds.